The monoisotopic (exact) mass is 584 g/mol. The van der Waals surface area contributed by atoms with Gasteiger partial charge in [-0.2, -0.15) is 0 Å². The van der Waals surface area contributed by atoms with Crippen molar-refractivity contribution in [1.82, 2.24) is 9.55 Å². The molecule has 1 fully saturated rings. The van der Waals surface area contributed by atoms with Gasteiger partial charge in [-0.15, -0.1) is 0 Å². The van der Waals surface area contributed by atoms with Crippen molar-refractivity contribution in [1.29, 1.82) is 0 Å². The fourth-order valence-electron chi connectivity index (χ4n) is 4.56. The summed E-state index contributed by atoms with van der Waals surface area (Å²) in [6.45, 7) is 7.03. The Kier molecular flexibility index (Phi) is 9.66. The zero-order valence-electron chi connectivity index (χ0n) is 23.4. The molecular formula is C29H32N2O9S. The third kappa shape index (κ3) is 7.65. The van der Waals surface area contributed by atoms with Gasteiger partial charge in [-0.3, -0.25) is 19.2 Å². The zero-order valence-corrected chi connectivity index (χ0v) is 24.2. The molecule has 2 heterocycles. The molecule has 0 N–H and O–H groups in total. The minimum Gasteiger partial charge on any atom is -0.463 e. The Morgan fingerprint density at radius 3 is 2.07 bits per heavy atom. The number of hydrogen-bond acceptors (Lipinski definition) is 11. The van der Waals surface area contributed by atoms with E-state index in [4.69, 9.17) is 28.7 Å². The maximum Gasteiger partial charge on any atom is 0.303 e. The average Bonchev–Trinajstić information content (AvgIpc) is 3.23. The van der Waals surface area contributed by atoms with E-state index in [1.807, 2.05) is 60.0 Å². The summed E-state index contributed by atoms with van der Waals surface area (Å²) in [6, 6.07) is 15.8. The molecule has 1 aromatic heterocycles. The van der Waals surface area contributed by atoms with E-state index in [2.05, 4.69) is 0 Å². The van der Waals surface area contributed by atoms with E-state index in [0.717, 1.165) is 33.9 Å². The zero-order chi connectivity index (χ0) is 29.7. The summed E-state index contributed by atoms with van der Waals surface area (Å²) in [5.41, 5.74) is 2.82. The molecule has 5 unspecified atom stereocenters. The summed E-state index contributed by atoms with van der Waals surface area (Å²) < 4.78 is 30.1. The van der Waals surface area contributed by atoms with Crippen LogP contribution in [0, 0.1) is 6.92 Å². The summed E-state index contributed by atoms with van der Waals surface area (Å²) >= 11 is 1.16. The molecule has 3 aromatic rings. The quantitative estimate of drug-likeness (QED) is 0.270. The number of rotatable bonds is 9. The van der Waals surface area contributed by atoms with Gasteiger partial charge in [0.1, 0.15) is 12.7 Å². The number of hydrogen-bond donors (Lipinski definition) is 0. The Labute approximate surface area is 241 Å². The molecule has 1 aliphatic heterocycles. The first-order valence-electron chi connectivity index (χ1n) is 13.0. The lowest BCUT2D eigenvalue weighted by Gasteiger charge is -2.44. The Bertz CT molecular complexity index is 1420. The largest absolute Gasteiger partial charge is 0.463 e. The van der Waals surface area contributed by atoms with Crippen LogP contribution in [0.15, 0.2) is 53.7 Å². The Morgan fingerprint density at radius 1 is 0.829 bits per heavy atom. The van der Waals surface area contributed by atoms with Crippen LogP contribution in [-0.2, 0) is 49.4 Å². The maximum atomic E-state index is 12.2. The van der Waals surface area contributed by atoms with Crippen molar-refractivity contribution in [2.45, 2.75) is 76.2 Å². The van der Waals surface area contributed by atoms with E-state index in [9.17, 15) is 19.2 Å². The number of aryl methyl sites for hydroxylation is 1. The first-order valence-corrected chi connectivity index (χ1v) is 13.9. The van der Waals surface area contributed by atoms with E-state index in [1.165, 1.54) is 27.7 Å². The molecule has 5 atom stereocenters. The molecule has 0 bridgehead atoms. The minimum absolute atomic E-state index is 0.297. The molecule has 1 aliphatic rings. The Morgan fingerprint density at radius 2 is 1.44 bits per heavy atom. The summed E-state index contributed by atoms with van der Waals surface area (Å²) in [7, 11) is 0. The molecule has 0 spiro atoms. The second-order valence-electron chi connectivity index (χ2n) is 9.64. The van der Waals surface area contributed by atoms with Gasteiger partial charge in [0, 0.05) is 27.7 Å². The van der Waals surface area contributed by atoms with Gasteiger partial charge in [-0.1, -0.05) is 53.7 Å². The van der Waals surface area contributed by atoms with Crippen molar-refractivity contribution in [3.63, 3.8) is 0 Å². The summed E-state index contributed by atoms with van der Waals surface area (Å²) in [5, 5.41) is 0.549. The number of imidazole rings is 1. The van der Waals surface area contributed by atoms with E-state index in [1.54, 1.807) is 0 Å². The molecule has 1 saturated heterocycles. The number of esters is 4. The maximum absolute atomic E-state index is 12.2. The number of para-hydroxylation sites is 2. The Balaban J connectivity index is 1.76. The molecule has 0 amide bonds. The van der Waals surface area contributed by atoms with Crippen molar-refractivity contribution in [2.24, 2.45) is 0 Å². The second-order valence-corrected chi connectivity index (χ2v) is 10.7. The molecule has 0 saturated carbocycles. The Hall–Kier alpha value is -3.90. The second kappa shape index (κ2) is 13.2. The molecule has 218 valence electrons. The number of fused-ring (bicyclic) bond motifs is 1. The lowest BCUT2D eigenvalue weighted by atomic mass is 9.99. The summed E-state index contributed by atoms with van der Waals surface area (Å²) in [5.74, 6) is -2.61. The van der Waals surface area contributed by atoms with Crippen molar-refractivity contribution in [3.8, 4) is 0 Å². The third-order valence-corrected chi connectivity index (χ3v) is 7.38. The molecule has 0 radical (unpaired) electrons. The van der Waals surface area contributed by atoms with Crippen LogP contribution in [0.3, 0.4) is 0 Å². The van der Waals surface area contributed by atoms with Crippen LogP contribution in [0.4, 0.5) is 0 Å². The van der Waals surface area contributed by atoms with Gasteiger partial charge in [0.2, 0.25) is 0 Å². The number of carbonyl (C=O) groups excluding carboxylic acids is 4. The number of benzene rings is 2. The highest BCUT2D eigenvalue weighted by molar-refractivity contribution is 7.99. The number of aromatic nitrogens is 2. The summed E-state index contributed by atoms with van der Waals surface area (Å²) in [4.78, 5) is 52.8. The molecular weight excluding hydrogens is 552 g/mol. The van der Waals surface area contributed by atoms with Crippen molar-refractivity contribution in [2.75, 3.05) is 6.61 Å². The smallest absolute Gasteiger partial charge is 0.303 e. The normalized spacial score (nSPS) is 22.1. The van der Waals surface area contributed by atoms with Crippen LogP contribution in [0.5, 0.6) is 0 Å². The van der Waals surface area contributed by atoms with Crippen LogP contribution < -0.4 is 0 Å². The van der Waals surface area contributed by atoms with Crippen LogP contribution in [0.1, 0.15) is 38.8 Å². The van der Waals surface area contributed by atoms with Gasteiger partial charge in [0.05, 0.1) is 17.6 Å². The number of ether oxygens (including phenoxy) is 5. The minimum atomic E-state index is -1.25. The molecule has 11 nitrogen and oxygen atoms in total. The fourth-order valence-corrected chi connectivity index (χ4v) is 5.75. The molecule has 4 rings (SSSR count). The van der Waals surface area contributed by atoms with Crippen LogP contribution in [0.2, 0.25) is 0 Å². The third-order valence-electron chi connectivity index (χ3n) is 6.25. The van der Waals surface area contributed by atoms with Gasteiger partial charge in [0.25, 0.3) is 0 Å². The molecule has 12 heteroatoms. The molecule has 0 aliphatic carbocycles. The molecule has 41 heavy (non-hydrogen) atoms. The highest BCUT2D eigenvalue weighted by atomic mass is 32.2. The van der Waals surface area contributed by atoms with Gasteiger partial charge in [-0.05, 0) is 24.6 Å². The lowest BCUT2D eigenvalue weighted by molar-refractivity contribution is -0.237. The average molecular weight is 585 g/mol. The van der Waals surface area contributed by atoms with Crippen molar-refractivity contribution >= 4 is 46.7 Å². The SMILES string of the molecule is CC(=O)OCC1OC(Sc2nc3ccccc3n2Cc2ccc(C)cc2)C(OC(C)=O)C(OC(C)=O)C1OC(C)=O. The van der Waals surface area contributed by atoms with E-state index in [-0.39, 0.29) is 6.61 Å². The van der Waals surface area contributed by atoms with Gasteiger partial charge in [-0.25, -0.2) is 4.98 Å². The van der Waals surface area contributed by atoms with Crippen LogP contribution >= 0.6 is 11.8 Å². The highest BCUT2D eigenvalue weighted by Gasteiger charge is 2.52. The molecule has 2 aromatic carbocycles. The lowest BCUT2D eigenvalue weighted by Crippen LogP contribution is -2.61. The van der Waals surface area contributed by atoms with Gasteiger partial charge in [0.15, 0.2) is 28.9 Å². The van der Waals surface area contributed by atoms with Gasteiger partial charge >= 0.3 is 23.9 Å². The first kappa shape index (κ1) is 30.1. The number of nitrogens with zero attached hydrogens (tertiary/aromatic N) is 2. The van der Waals surface area contributed by atoms with Gasteiger partial charge < -0.3 is 28.3 Å². The van der Waals surface area contributed by atoms with E-state index < -0.39 is 53.7 Å². The first-order chi connectivity index (χ1) is 19.5. The standard InChI is InChI=1S/C29H32N2O9S/c1-16-10-12-21(13-11-16)14-31-23-9-7-6-8-22(23)30-29(31)41-28-27(39-20(5)35)26(38-19(4)34)25(37-18(3)33)24(40-28)15-36-17(2)32/h6-13,24-28H,14-15H2,1-5H3. The fraction of sp³-hybridized carbons (Fsp3) is 0.414. The van der Waals surface area contributed by atoms with E-state index in [0.29, 0.717) is 11.7 Å². The number of carbonyl (C=O) groups is 4. The van der Waals surface area contributed by atoms with Crippen molar-refractivity contribution in [3.05, 3.63) is 59.7 Å². The predicted octanol–water partition coefficient (Wildman–Crippen LogP) is 3.57. The van der Waals surface area contributed by atoms with Crippen molar-refractivity contribution < 1.29 is 42.9 Å². The van der Waals surface area contributed by atoms with Crippen LogP contribution in [0.25, 0.3) is 11.0 Å². The topological polar surface area (TPSA) is 132 Å². The number of thioether (sulfide) groups is 1. The van der Waals surface area contributed by atoms with Crippen LogP contribution in [-0.4, -0.2) is 69.9 Å². The van der Waals surface area contributed by atoms with E-state index >= 15 is 0 Å². The highest BCUT2D eigenvalue weighted by Crippen LogP contribution is 2.38. The summed E-state index contributed by atoms with van der Waals surface area (Å²) in [6.07, 6.45) is -4.69. The predicted molar refractivity (Wildman–Crippen MR) is 148 cm³/mol.